The number of hydrogen-bond acceptors (Lipinski definition) is 4. The molecule has 0 aliphatic rings. The zero-order valence-corrected chi connectivity index (χ0v) is 22.7. The summed E-state index contributed by atoms with van der Waals surface area (Å²) in [6.45, 7) is 0.356. The molecule has 0 saturated heterocycles. The van der Waals surface area contributed by atoms with Crippen LogP contribution in [0.5, 0.6) is 11.5 Å². The molecule has 8 heteroatoms. The smallest absolute Gasteiger partial charge is 0.266 e. The molecule has 0 atom stereocenters. The van der Waals surface area contributed by atoms with Crippen molar-refractivity contribution in [1.82, 2.24) is 0 Å². The van der Waals surface area contributed by atoms with Gasteiger partial charge in [-0.2, -0.15) is 5.26 Å². The van der Waals surface area contributed by atoms with E-state index in [-0.39, 0.29) is 10.6 Å². The number of anilines is 1. The number of fused-ring (bicyclic) bond motifs is 1. The number of rotatable bonds is 7. The van der Waals surface area contributed by atoms with Crippen LogP contribution in [0, 0.1) is 14.9 Å². The van der Waals surface area contributed by atoms with Gasteiger partial charge in [0.25, 0.3) is 5.91 Å². The lowest BCUT2D eigenvalue weighted by molar-refractivity contribution is -0.112. The molecule has 5 nitrogen and oxygen atoms in total. The van der Waals surface area contributed by atoms with Gasteiger partial charge in [0.05, 0.1) is 26.4 Å². The van der Waals surface area contributed by atoms with Crippen molar-refractivity contribution in [2.45, 2.75) is 6.61 Å². The number of ether oxygens (including phenoxy) is 2. The maximum absolute atomic E-state index is 12.7. The van der Waals surface area contributed by atoms with Gasteiger partial charge in [-0.25, -0.2) is 0 Å². The van der Waals surface area contributed by atoms with E-state index < -0.39 is 5.91 Å². The van der Waals surface area contributed by atoms with E-state index >= 15 is 0 Å². The molecular weight excluding hydrogens is 610 g/mol. The molecule has 4 aromatic carbocycles. The third-order valence-electron chi connectivity index (χ3n) is 5.38. The van der Waals surface area contributed by atoms with Crippen LogP contribution in [-0.4, -0.2) is 13.0 Å². The van der Waals surface area contributed by atoms with Gasteiger partial charge in [-0.3, -0.25) is 4.79 Å². The Labute approximate surface area is 232 Å². The first-order valence-electron chi connectivity index (χ1n) is 10.8. The molecule has 0 saturated carbocycles. The summed E-state index contributed by atoms with van der Waals surface area (Å²) in [6.07, 6.45) is 1.48. The van der Waals surface area contributed by atoms with E-state index in [1.165, 1.54) is 6.08 Å². The van der Waals surface area contributed by atoms with Gasteiger partial charge in [0.1, 0.15) is 18.2 Å². The van der Waals surface area contributed by atoms with Gasteiger partial charge >= 0.3 is 0 Å². The van der Waals surface area contributed by atoms with Gasteiger partial charge in [-0.15, -0.1) is 0 Å². The first-order valence-corrected chi connectivity index (χ1v) is 12.6. The highest BCUT2D eigenvalue weighted by molar-refractivity contribution is 14.1. The molecule has 0 bridgehead atoms. The minimum Gasteiger partial charge on any atom is -0.493 e. The summed E-state index contributed by atoms with van der Waals surface area (Å²) in [4.78, 5) is 12.7. The van der Waals surface area contributed by atoms with E-state index in [9.17, 15) is 10.1 Å². The Morgan fingerprint density at radius 2 is 1.83 bits per heavy atom. The van der Waals surface area contributed by atoms with Crippen LogP contribution in [0.2, 0.25) is 10.0 Å². The van der Waals surface area contributed by atoms with Crippen LogP contribution in [0.25, 0.3) is 16.8 Å². The third kappa shape index (κ3) is 5.76. The lowest BCUT2D eigenvalue weighted by Gasteiger charge is -2.15. The first-order chi connectivity index (χ1) is 17.4. The van der Waals surface area contributed by atoms with Gasteiger partial charge < -0.3 is 14.8 Å². The van der Waals surface area contributed by atoms with E-state index in [1.807, 2.05) is 36.4 Å². The monoisotopic (exact) mass is 628 g/mol. The van der Waals surface area contributed by atoms with Crippen molar-refractivity contribution in [3.8, 4) is 17.6 Å². The van der Waals surface area contributed by atoms with Crippen LogP contribution in [0.1, 0.15) is 11.1 Å². The summed E-state index contributed by atoms with van der Waals surface area (Å²) >= 11 is 14.3. The zero-order chi connectivity index (χ0) is 25.7. The predicted molar refractivity (Wildman–Crippen MR) is 153 cm³/mol. The van der Waals surface area contributed by atoms with Crippen LogP contribution in [0.15, 0.2) is 78.4 Å². The van der Waals surface area contributed by atoms with Crippen molar-refractivity contribution in [2.75, 3.05) is 12.4 Å². The quantitative estimate of drug-likeness (QED) is 0.128. The SMILES string of the molecule is COc1cc(C=C(C#N)C(=O)Nc2cccc(Cl)c2Cl)cc(I)c1OCc1cccc2ccccc12. The number of halogens is 3. The summed E-state index contributed by atoms with van der Waals surface area (Å²) in [7, 11) is 1.54. The molecule has 0 aliphatic carbocycles. The summed E-state index contributed by atoms with van der Waals surface area (Å²) in [5.41, 5.74) is 1.88. The summed E-state index contributed by atoms with van der Waals surface area (Å²) in [6, 6.07) is 24.6. The van der Waals surface area contributed by atoms with Gasteiger partial charge in [-0.05, 0) is 74.8 Å². The molecule has 36 heavy (non-hydrogen) atoms. The van der Waals surface area contributed by atoms with E-state index in [0.29, 0.717) is 34.4 Å². The molecule has 1 amide bonds. The molecule has 0 spiro atoms. The number of carbonyl (C=O) groups is 1. The average Bonchev–Trinajstić information content (AvgIpc) is 2.88. The van der Waals surface area contributed by atoms with Crippen LogP contribution in [-0.2, 0) is 11.4 Å². The van der Waals surface area contributed by atoms with Crippen molar-refractivity contribution < 1.29 is 14.3 Å². The van der Waals surface area contributed by atoms with Crippen LogP contribution in [0.3, 0.4) is 0 Å². The molecule has 180 valence electrons. The van der Waals surface area contributed by atoms with Crippen LogP contribution < -0.4 is 14.8 Å². The van der Waals surface area contributed by atoms with Crippen molar-refractivity contribution in [2.24, 2.45) is 0 Å². The normalized spacial score (nSPS) is 11.1. The molecule has 0 heterocycles. The van der Waals surface area contributed by atoms with Gasteiger partial charge in [0, 0.05) is 0 Å². The maximum atomic E-state index is 12.7. The number of hydrogen-bond donors (Lipinski definition) is 1. The average molecular weight is 629 g/mol. The number of benzene rings is 4. The zero-order valence-electron chi connectivity index (χ0n) is 19.0. The van der Waals surface area contributed by atoms with Gasteiger partial charge in [0.2, 0.25) is 0 Å². The highest BCUT2D eigenvalue weighted by Crippen LogP contribution is 2.36. The number of carbonyl (C=O) groups excluding carboxylic acids is 1. The maximum Gasteiger partial charge on any atom is 0.266 e. The minimum atomic E-state index is -0.605. The highest BCUT2D eigenvalue weighted by atomic mass is 127. The number of nitrogens with one attached hydrogen (secondary N) is 1. The summed E-state index contributed by atoms with van der Waals surface area (Å²) < 4.78 is 12.5. The predicted octanol–water partition coefficient (Wildman–Crippen LogP) is 7.88. The van der Waals surface area contributed by atoms with E-state index in [0.717, 1.165) is 19.9 Å². The lowest BCUT2D eigenvalue weighted by Crippen LogP contribution is -2.13. The largest absolute Gasteiger partial charge is 0.493 e. The van der Waals surface area contributed by atoms with Crippen LogP contribution in [0.4, 0.5) is 5.69 Å². The van der Waals surface area contributed by atoms with Crippen molar-refractivity contribution in [3.63, 3.8) is 0 Å². The summed E-state index contributed by atoms with van der Waals surface area (Å²) in [5.74, 6) is 0.466. The molecule has 0 radical (unpaired) electrons. The first kappa shape index (κ1) is 25.8. The van der Waals surface area contributed by atoms with E-state index in [4.69, 9.17) is 32.7 Å². The topological polar surface area (TPSA) is 71.3 Å². The molecule has 0 fully saturated rings. The van der Waals surface area contributed by atoms with Crippen molar-refractivity contribution in [1.29, 1.82) is 5.26 Å². The van der Waals surface area contributed by atoms with Crippen molar-refractivity contribution >= 4 is 74.2 Å². The fraction of sp³-hybridized carbons (Fsp3) is 0.0714. The fourth-order valence-electron chi connectivity index (χ4n) is 3.64. The van der Waals surface area contributed by atoms with Crippen LogP contribution >= 0.6 is 45.8 Å². The lowest BCUT2D eigenvalue weighted by atomic mass is 10.1. The van der Waals surface area contributed by atoms with Crippen molar-refractivity contribution in [3.05, 3.63) is 103 Å². The standard InChI is InChI=1S/C28H19Cl2IN2O3/c1-35-25-14-17(12-20(15-32)28(34)33-24-11-5-10-22(29)26(24)30)13-23(31)27(25)36-16-19-8-4-7-18-6-2-3-9-21(18)19/h2-14H,16H2,1H3,(H,33,34). The Balaban J connectivity index is 1.58. The molecular formula is C28H19Cl2IN2O3. The number of methoxy groups -OCH3 is 1. The summed E-state index contributed by atoms with van der Waals surface area (Å²) in [5, 5.41) is 15.0. The number of amides is 1. The Kier molecular flexibility index (Phi) is 8.36. The third-order valence-corrected chi connectivity index (χ3v) is 7.00. The molecule has 0 aromatic heterocycles. The molecule has 4 aromatic rings. The molecule has 0 aliphatic heterocycles. The molecule has 0 unspecified atom stereocenters. The highest BCUT2D eigenvalue weighted by Gasteiger charge is 2.16. The van der Waals surface area contributed by atoms with Gasteiger partial charge in [-0.1, -0.05) is 71.7 Å². The second-order valence-electron chi connectivity index (χ2n) is 7.69. The Hall–Kier alpha value is -3.25. The fourth-order valence-corrected chi connectivity index (χ4v) is 4.77. The second kappa shape index (κ2) is 11.7. The Morgan fingerprint density at radius 1 is 1.08 bits per heavy atom. The van der Waals surface area contributed by atoms with Gasteiger partial charge in [0.15, 0.2) is 11.5 Å². The minimum absolute atomic E-state index is 0.103. The second-order valence-corrected chi connectivity index (χ2v) is 9.63. The molecule has 4 rings (SSSR count). The Morgan fingerprint density at radius 3 is 2.61 bits per heavy atom. The Bertz CT molecular complexity index is 1520. The number of nitriles is 1. The number of nitrogens with zero attached hydrogens (tertiary/aromatic N) is 1. The van der Waals surface area contributed by atoms with E-state index in [2.05, 4.69) is 46.1 Å². The molecule has 1 N–H and O–H groups in total. The van der Waals surface area contributed by atoms with E-state index in [1.54, 1.807) is 31.4 Å².